The van der Waals surface area contributed by atoms with Gasteiger partial charge in [-0.3, -0.25) is 9.59 Å². The Morgan fingerprint density at radius 3 is 2.68 bits per heavy atom. The Balaban J connectivity index is 2.05. The van der Waals surface area contributed by atoms with Crippen LogP contribution in [-0.4, -0.2) is 31.2 Å². The van der Waals surface area contributed by atoms with E-state index in [1.807, 2.05) is 6.92 Å². The van der Waals surface area contributed by atoms with Gasteiger partial charge < -0.3 is 14.8 Å². The van der Waals surface area contributed by atoms with Gasteiger partial charge in [-0.25, -0.2) is 5.43 Å². The van der Waals surface area contributed by atoms with Crippen molar-refractivity contribution < 1.29 is 19.1 Å². The number of benzene rings is 2. The van der Waals surface area contributed by atoms with Crippen LogP contribution in [0.3, 0.4) is 0 Å². The van der Waals surface area contributed by atoms with Crippen LogP contribution in [-0.2, 0) is 4.79 Å². The molecule has 2 aromatic carbocycles. The number of nitrogens with zero attached hydrogens (tertiary/aromatic N) is 1. The topological polar surface area (TPSA) is 89.0 Å². The molecule has 0 saturated carbocycles. The van der Waals surface area contributed by atoms with Gasteiger partial charge in [0, 0.05) is 18.2 Å². The van der Waals surface area contributed by atoms with Crippen molar-refractivity contribution in [2.45, 2.75) is 13.8 Å². The molecule has 2 amide bonds. The average molecular weight is 381 g/mol. The van der Waals surface area contributed by atoms with Crippen molar-refractivity contribution in [1.82, 2.24) is 5.43 Å². The van der Waals surface area contributed by atoms with E-state index in [2.05, 4.69) is 22.4 Å². The molecule has 2 rings (SSSR count). The smallest absolute Gasteiger partial charge is 0.271 e. The zero-order chi connectivity index (χ0) is 20.4. The van der Waals surface area contributed by atoms with Crippen LogP contribution in [0.4, 0.5) is 5.69 Å². The lowest BCUT2D eigenvalue weighted by atomic mass is 10.2. The highest BCUT2D eigenvalue weighted by Gasteiger charge is 2.07. The summed E-state index contributed by atoms with van der Waals surface area (Å²) in [6.45, 7) is 7.78. The highest BCUT2D eigenvalue weighted by atomic mass is 16.5. The van der Waals surface area contributed by atoms with Crippen LogP contribution >= 0.6 is 0 Å². The fraction of sp³-hybridized carbons (Fsp3) is 0.190. The Labute approximate surface area is 164 Å². The van der Waals surface area contributed by atoms with Crippen molar-refractivity contribution in [3.05, 3.63) is 66.2 Å². The molecule has 0 aliphatic carbocycles. The molecule has 0 saturated heterocycles. The first kappa shape index (κ1) is 20.7. The van der Waals surface area contributed by atoms with Crippen LogP contribution in [0.25, 0.3) is 0 Å². The van der Waals surface area contributed by atoms with Crippen molar-refractivity contribution in [3.8, 4) is 11.5 Å². The lowest BCUT2D eigenvalue weighted by molar-refractivity contribution is -0.114. The number of carbonyl (C=O) groups is 2. The number of anilines is 1. The molecule has 0 spiro atoms. The monoisotopic (exact) mass is 381 g/mol. The Kier molecular flexibility index (Phi) is 7.77. The zero-order valence-corrected chi connectivity index (χ0v) is 15.9. The van der Waals surface area contributed by atoms with Crippen LogP contribution in [0.5, 0.6) is 11.5 Å². The van der Waals surface area contributed by atoms with E-state index in [9.17, 15) is 9.59 Å². The number of hydrogen-bond donors (Lipinski definition) is 2. The fourth-order valence-electron chi connectivity index (χ4n) is 2.31. The molecule has 0 atom stereocenters. The Hall–Kier alpha value is -3.61. The Morgan fingerprint density at radius 2 is 1.96 bits per heavy atom. The normalized spacial score (nSPS) is 10.4. The molecule has 7 heteroatoms. The van der Waals surface area contributed by atoms with Gasteiger partial charge in [0.25, 0.3) is 5.91 Å². The molecule has 0 radical (unpaired) electrons. The minimum absolute atomic E-state index is 0.207. The molecule has 146 valence electrons. The maximum absolute atomic E-state index is 12.2. The van der Waals surface area contributed by atoms with E-state index in [1.54, 1.807) is 48.5 Å². The number of hydrazone groups is 1. The summed E-state index contributed by atoms with van der Waals surface area (Å²) in [5, 5.41) is 6.61. The molecule has 0 heterocycles. The molecule has 0 aliphatic rings. The number of nitrogens with one attached hydrogen (secondary N) is 2. The predicted octanol–water partition coefficient (Wildman–Crippen LogP) is 3.37. The number of hydrogen-bond acceptors (Lipinski definition) is 5. The molecular formula is C21H23N3O4. The van der Waals surface area contributed by atoms with E-state index in [-0.39, 0.29) is 11.8 Å². The third-order valence-electron chi connectivity index (χ3n) is 3.45. The van der Waals surface area contributed by atoms with E-state index in [1.165, 1.54) is 13.1 Å². The van der Waals surface area contributed by atoms with Gasteiger partial charge in [-0.1, -0.05) is 18.7 Å². The molecule has 2 N–H and O–H groups in total. The molecule has 7 nitrogen and oxygen atoms in total. The van der Waals surface area contributed by atoms with E-state index in [0.717, 1.165) is 5.56 Å². The molecular weight excluding hydrogens is 358 g/mol. The molecule has 2 aromatic rings. The number of amides is 2. The van der Waals surface area contributed by atoms with E-state index in [4.69, 9.17) is 9.47 Å². The molecule has 0 bridgehead atoms. The van der Waals surface area contributed by atoms with Crippen molar-refractivity contribution in [2.75, 3.05) is 18.5 Å². The zero-order valence-electron chi connectivity index (χ0n) is 15.9. The van der Waals surface area contributed by atoms with Crippen molar-refractivity contribution in [3.63, 3.8) is 0 Å². The maximum atomic E-state index is 12.2. The van der Waals surface area contributed by atoms with Crippen LogP contribution in [0.15, 0.2) is 60.2 Å². The van der Waals surface area contributed by atoms with Crippen LogP contribution < -0.4 is 20.2 Å². The number of ether oxygens (including phenoxy) is 2. The third kappa shape index (κ3) is 6.28. The summed E-state index contributed by atoms with van der Waals surface area (Å²) in [6.07, 6.45) is 3.16. The molecule has 0 aliphatic heterocycles. The first-order chi connectivity index (χ1) is 13.5. The molecule has 0 fully saturated rings. The molecule has 28 heavy (non-hydrogen) atoms. The van der Waals surface area contributed by atoms with Crippen molar-refractivity contribution in [2.24, 2.45) is 5.10 Å². The summed E-state index contributed by atoms with van der Waals surface area (Å²) in [5.74, 6) is 0.598. The fourth-order valence-corrected chi connectivity index (χ4v) is 2.31. The Morgan fingerprint density at radius 1 is 1.14 bits per heavy atom. The van der Waals surface area contributed by atoms with E-state index >= 15 is 0 Å². The minimum atomic E-state index is -0.389. The summed E-state index contributed by atoms with van der Waals surface area (Å²) in [4.78, 5) is 23.3. The predicted molar refractivity (Wildman–Crippen MR) is 109 cm³/mol. The lowest BCUT2D eigenvalue weighted by Gasteiger charge is -2.11. The average Bonchev–Trinajstić information content (AvgIpc) is 2.67. The summed E-state index contributed by atoms with van der Waals surface area (Å²) < 4.78 is 11.1. The van der Waals surface area contributed by atoms with Gasteiger partial charge >= 0.3 is 0 Å². The van der Waals surface area contributed by atoms with Gasteiger partial charge in [0.05, 0.1) is 12.8 Å². The second-order valence-electron chi connectivity index (χ2n) is 5.70. The first-order valence-electron chi connectivity index (χ1n) is 8.75. The van der Waals surface area contributed by atoms with Crippen molar-refractivity contribution >= 4 is 23.7 Å². The van der Waals surface area contributed by atoms with Gasteiger partial charge in [-0.2, -0.15) is 5.10 Å². The van der Waals surface area contributed by atoms with Crippen molar-refractivity contribution in [1.29, 1.82) is 0 Å². The summed E-state index contributed by atoms with van der Waals surface area (Å²) >= 11 is 0. The molecule has 0 unspecified atom stereocenters. The van der Waals surface area contributed by atoms with Crippen LogP contribution in [0.2, 0.25) is 0 Å². The first-order valence-corrected chi connectivity index (χ1v) is 8.75. The largest absolute Gasteiger partial charge is 0.490 e. The second kappa shape index (κ2) is 10.5. The molecule has 0 aromatic heterocycles. The highest BCUT2D eigenvalue weighted by molar-refractivity contribution is 5.97. The lowest BCUT2D eigenvalue weighted by Crippen LogP contribution is -2.18. The third-order valence-corrected chi connectivity index (χ3v) is 3.45. The maximum Gasteiger partial charge on any atom is 0.271 e. The van der Waals surface area contributed by atoms with Gasteiger partial charge in [0.1, 0.15) is 6.61 Å². The number of rotatable bonds is 9. The standard InChI is InChI=1S/C21H23N3O4/c1-4-11-28-19-10-9-16(12-20(19)27-5-2)14-22-24-21(26)17-7-6-8-18(13-17)23-15(3)25/h4,6-10,12-14H,1,5,11H2,2-3H3,(H,23,25)(H,24,26). The van der Waals surface area contributed by atoms with Gasteiger partial charge in [0.2, 0.25) is 5.91 Å². The van der Waals surface area contributed by atoms with Crippen LogP contribution in [0.1, 0.15) is 29.8 Å². The van der Waals surface area contributed by atoms with E-state index in [0.29, 0.717) is 36.0 Å². The quantitative estimate of drug-likeness (QED) is 0.396. The van der Waals surface area contributed by atoms with Gasteiger partial charge in [-0.05, 0) is 48.9 Å². The highest BCUT2D eigenvalue weighted by Crippen LogP contribution is 2.28. The number of carbonyl (C=O) groups excluding carboxylic acids is 2. The summed E-state index contributed by atoms with van der Waals surface area (Å²) in [6, 6.07) is 11.9. The van der Waals surface area contributed by atoms with E-state index < -0.39 is 0 Å². The van der Waals surface area contributed by atoms with Crippen LogP contribution in [0, 0.1) is 0 Å². The van der Waals surface area contributed by atoms with Gasteiger partial charge in [0.15, 0.2) is 11.5 Å². The minimum Gasteiger partial charge on any atom is -0.490 e. The Bertz CT molecular complexity index is 878. The summed E-state index contributed by atoms with van der Waals surface area (Å²) in [5.41, 5.74) is 4.12. The summed E-state index contributed by atoms with van der Waals surface area (Å²) in [7, 11) is 0. The van der Waals surface area contributed by atoms with Gasteiger partial charge in [-0.15, -0.1) is 0 Å². The second-order valence-corrected chi connectivity index (χ2v) is 5.70. The SMILES string of the molecule is C=CCOc1ccc(C=NNC(=O)c2cccc(NC(C)=O)c2)cc1OCC.